The van der Waals surface area contributed by atoms with Gasteiger partial charge in [0.2, 0.25) is 11.5 Å². The zero-order valence-corrected chi connectivity index (χ0v) is 22.2. The van der Waals surface area contributed by atoms with E-state index in [-0.39, 0.29) is 11.5 Å². The van der Waals surface area contributed by atoms with Gasteiger partial charge in [-0.15, -0.1) is 0 Å². The third-order valence-electron chi connectivity index (χ3n) is 7.12. The molecular formula is C30H27Cl2N2O2+. The Morgan fingerprint density at radius 3 is 2.03 bits per heavy atom. The second-order valence-corrected chi connectivity index (χ2v) is 10.1. The van der Waals surface area contributed by atoms with E-state index in [1.807, 2.05) is 97.5 Å². The highest BCUT2D eigenvalue weighted by atomic mass is 35.5. The molecule has 6 heteroatoms. The van der Waals surface area contributed by atoms with Gasteiger partial charge in [-0.1, -0.05) is 83.9 Å². The van der Waals surface area contributed by atoms with Crippen LogP contribution in [0.5, 0.6) is 0 Å². The van der Waals surface area contributed by atoms with E-state index in [1.165, 1.54) is 0 Å². The summed E-state index contributed by atoms with van der Waals surface area (Å²) in [4.78, 5) is 13.8. The van der Waals surface area contributed by atoms with Gasteiger partial charge in [0.05, 0.1) is 16.3 Å². The van der Waals surface area contributed by atoms with Crippen LogP contribution < -0.4 is 0 Å². The zero-order chi connectivity index (χ0) is 25.7. The lowest BCUT2D eigenvalue weighted by atomic mass is 9.82. The van der Waals surface area contributed by atoms with Crippen molar-refractivity contribution >= 4 is 40.3 Å². The van der Waals surface area contributed by atoms with Crippen LogP contribution in [-0.4, -0.2) is 25.7 Å². The molecule has 0 unspecified atom stereocenters. The van der Waals surface area contributed by atoms with E-state index in [4.69, 9.17) is 23.2 Å². The molecule has 0 saturated carbocycles. The molecule has 0 saturated heterocycles. The second-order valence-electron chi connectivity index (χ2n) is 9.32. The molecule has 1 aliphatic carbocycles. The highest BCUT2D eigenvalue weighted by molar-refractivity contribution is 6.44. The number of aromatic nitrogens is 1. The molecule has 182 valence electrons. The van der Waals surface area contributed by atoms with Gasteiger partial charge >= 0.3 is 0 Å². The lowest BCUT2D eigenvalue weighted by Crippen LogP contribution is -2.28. The maximum absolute atomic E-state index is 13.8. The van der Waals surface area contributed by atoms with Crippen molar-refractivity contribution in [1.29, 1.82) is 0 Å². The molecular weight excluding hydrogens is 491 g/mol. The zero-order valence-electron chi connectivity index (χ0n) is 20.7. The average Bonchev–Trinajstić information content (AvgIpc) is 3.21. The topological polar surface area (TPSA) is 45.2 Å². The summed E-state index contributed by atoms with van der Waals surface area (Å²) in [6.07, 6.45) is 0. The van der Waals surface area contributed by atoms with Crippen molar-refractivity contribution in [3.05, 3.63) is 121 Å². The van der Waals surface area contributed by atoms with Crippen LogP contribution >= 0.6 is 23.2 Å². The van der Waals surface area contributed by atoms with Crippen molar-refractivity contribution in [2.45, 2.75) is 40.8 Å². The molecule has 3 aromatic rings. The predicted molar refractivity (Wildman–Crippen MR) is 146 cm³/mol. The van der Waals surface area contributed by atoms with Crippen molar-refractivity contribution in [2.24, 2.45) is 0 Å². The fourth-order valence-corrected chi connectivity index (χ4v) is 5.53. The Morgan fingerprint density at radius 2 is 1.44 bits per heavy atom. The lowest BCUT2D eigenvalue weighted by molar-refractivity contribution is -0.487. The van der Waals surface area contributed by atoms with Gasteiger partial charge in [-0.25, -0.2) is 0 Å². The minimum Gasteiger partial charge on any atom is -0.506 e. The van der Waals surface area contributed by atoms with E-state index in [9.17, 15) is 9.90 Å². The van der Waals surface area contributed by atoms with E-state index >= 15 is 0 Å². The van der Waals surface area contributed by atoms with Crippen molar-refractivity contribution in [1.82, 2.24) is 4.57 Å². The molecule has 2 heterocycles. The lowest BCUT2D eigenvalue weighted by Gasteiger charge is -2.24. The molecule has 1 aromatic heterocycles. The first-order valence-electron chi connectivity index (χ1n) is 11.9. The molecule has 36 heavy (non-hydrogen) atoms. The van der Waals surface area contributed by atoms with Gasteiger partial charge in [0.25, 0.3) is 0 Å². The van der Waals surface area contributed by atoms with Crippen LogP contribution in [0.25, 0.3) is 5.57 Å². The summed E-state index contributed by atoms with van der Waals surface area (Å²) >= 11 is 13.3. The average molecular weight is 518 g/mol. The SMILES string of the molecule is CC1=C(Cl)C(C)=[N+](Cc2ccccc2)/C1=C1\C(=O)C(c2c(C)c(Cl)c(C)n2Cc2ccccc2)=C1O. The number of carbonyl (C=O) groups excluding carboxylic acids is 1. The minimum absolute atomic E-state index is 0.0156. The fraction of sp³-hybridized carbons (Fsp3) is 0.200. The number of halogens is 2. The summed E-state index contributed by atoms with van der Waals surface area (Å²) in [7, 11) is 0. The van der Waals surface area contributed by atoms with Crippen LogP contribution in [0.1, 0.15) is 41.9 Å². The number of allylic oxidation sites excluding steroid dienone is 4. The summed E-state index contributed by atoms with van der Waals surface area (Å²) in [5.41, 5.74) is 7.37. The Kier molecular flexibility index (Phi) is 6.27. The number of benzene rings is 2. The van der Waals surface area contributed by atoms with Gasteiger partial charge in [0.15, 0.2) is 12.3 Å². The Balaban J connectivity index is 1.65. The van der Waals surface area contributed by atoms with Crippen LogP contribution in [0.3, 0.4) is 0 Å². The van der Waals surface area contributed by atoms with Crippen molar-refractivity contribution < 1.29 is 14.5 Å². The normalized spacial score (nSPS) is 18.0. The first kappa shape index (κ1) is 24.4. The summed E-state index contributed by atoms with van der Waals surface area (Å²) in [6, 6.07) is 20.0. The summed E-state index contributed by atoms with van der Waals surface area (Å²) in [5, 5.41) is 12.6. The highest BCUT2D eigenvalue weighted by Gasteiger charge is 2.46. The Morgan fingerprint density at radius 1 is 0.861 bits per heavy atom. The van der Waals surface area contributed by atoms with E-state index in [2.05, 4.69) is 0 Å². The number of hydrogen-bond acceptors (Lipinski definition) is 2. The van der Waals surface area contributed by atoms with Crippen molar-refractivity contribution in [3.63, 3.8) is 0 Å². The summed E-state index contributed by atoms with van der Waals surface area (Å²) in [6.45, 7) is 8.74. The van der Waals surface area contributed by atoms with E-state index in [0.717, 1.165) is 33.7 Å². The molecule has 0 radical (unpaired) electrons. The molecule has 1 N–H and O–H groups in total. The van der Waals surface area contributed by atoms with Gasteiger partial charge in [0.1, 0.15) is 16.4 Å². The number of nitrogens with zero attached hydrogens (tertiary/aromatic N) is 2. The smallest absolute Gasteiger partial charge is 0.225 e. The summed E-state index contributed by atoms with van der Waals surface area (Å²) in [5.74, 6) is -0.219. The van der Waals surface area contributed by atoms with Crippen LogP contribution in [0.2, 0.25) is 5.02 Å². The predicted octanol–water partition coefficient (Wildman–Crippen LogP) is 7.11. The molecule has 0 fully saturated rings. The van der Waals surface area contributed by atoms with Gasteiger partial charge in [-0.2, -0.15) is 4.58 Å². The molecule has 0 atom stereocenters. The molecule has 2 aromatic carbocycles. The van der Waals surface area contributed by atoms with E-state index in [1.54, 1.807) is 0 Å². The molecule has 2 aliphatic rings. The Bertz CT molecular complexity index is 1540. The molecule has 4 nitrogen and oxygen atoms in total. The Labute approximate surface area is 221 Å². The first-order chi connectivity index (χ1) is 17.2. The fourth-order valence-electron chi connectivity index (χ4n) is 5.14. The van der Waals surface area contributed by atoms with Crippen molar-refractivity contribution in [2.75, 3.05) is 0 Å². The number of aliphatic hydroxyl groups is 1. The monoisotopic (exact) mass is 517 g/mol. The van der Waals surface area contributed by atoms with Gasteiger partial charge < -0.3 is 9.67 Å². The van der Waals surface area contributed by atoms with Gasteiger partial charge in [-0.05, 0) is 31.9 Å². The van der Waals surface area contributed by atoms with Gasteiger partial charge in [-0.3, -0.25) is 4.79 Å². The quantitative estimate of drug-likeness (QED) is 0.289. The Hall–Kier alpha value is -3.34. The molecule has 0 amide bonds. The largest absolute Gasteiger partial charge is 0.506 e. The third kappa shape index (κ3) is 3.76. The number of Topliss-reactive ketones (excluding diaryl/α,β-unsaturated/α-hetero) is 1. The minimum atomic E-state index is -0.203. The first-order valence-corrected chi connectivity index (χ1v) is 12.6. The van der Waals surface area contributed by atoms with Crippen molar-refractivity contribution in [3.8, 4) is 0 Å². The summed E-state index contributed by atoms with van der Waals surface area (Å²) < 4.78 is 4.03. The van der Waals surface area contributed by atoms with E-state index < -0.39 is 0 Å². The van der Waals surface area contributed by atoms with Gasteiger partial charge in [0, 0.05) is 30.3 Å². The number of ketones is 1. The molecule has 0 bridgehead atoms. The standard InChI is InChI=1S/C30H26Cl2N2O2/c1-17-25(31)19(3)33(15-21-11-7-5-8-12-21)27(17)23-29(35)24(30(23)36)28-18(2)26(32)20(4)34(28)16-22-13-9-6-10-14-22/h5-14H,15-16H2,1-4H3/p+1. The second kappa shape index (κ2) is 9.27. The maximum atomic E-state index is 13.8. The third-order valence-corrected chi connectivity index (χ3v) is 8.24. The molecule has 5 rings (SSSR count). The van der Waals surface area contributed by atoms with Crippen LogP contribution in [-0.2, 0) is 17.9 Å². The van der Waals surface area contributed by atoms with Crippen LogP contribution in [0, 0.1) is 13.8 Å². The van der Waals surface area contributed by atoms with Crippen LogP contribution in [0.15, 0.2) is 88.3 Å². The maximum Gasteiger partial charge on any atom is 0.225 e. The number of rotatable bonds is 5. The highest BCUT2D eigenvalue weighted by Crippen LogP contribution is 2.45. The molecule has 1 aliphatic heterocycles. The number of aliphatic hydroxyl groups excluding tert-OH is 1. The number of carbonyl (C=O) groups is 1. The molecule has 0 spiro atoms. The van der Waals surface area contributed by atoms with Crippen LogP contribution in [0.4, 0.5) is 0 Å². The number of hydrogen-bond donors (Lipinski definition) is 1. The van der Waals surface area contributed by atoms with E-state index in [0.29, 0.717) is 45.7 Å².